The lowest BCUT2D eigenvalue weighted by Crippen LogP contribution is -2.51. The lowest BCUT2D eigenvalue weighted by Gasteiger charge is -2.31. The molecule has 0 aliphatic heterocycles. The molecule has 10 heteroatoms. The van der Waals surface area contributed by atoms with E-state index in [9.17, 15) is 22.4 Å². The van der Waals surface area contributed by atoms with Crippen LogP contribution in [-0.2, 0) is 26.2 Å². The van der Waals surface area contributed by atoms with E-state index in [4.69, 9.17) is 11.6 Å². The van der Waals surface area contributed by atoms with Gasteiger partial charge in [0, 0.05) is 13.1 Å². The first-order chi connectivity index (χ1) is 15.0. The second-order valence-corrected chi connectivity index (χ2v) is 9.65. The molecule has 2 aromatic carbocycles. The Kier molecular flexibility index (Phi) is 9.03. The number of sulfonamides is 1. The van der Waals surface area contributed by atoms with Crippen molar-refractivity contribution in [2.75, 3.05) is 23.7 Å². The van der Waals surface area contributed by atoms with Gasteiger partial charge in [-0.3, -0.25) is 13.9 Å². The zero-order valence-corrected chi connectivity index (χ0v) is 19.8. The van der Waals surface area contributed by atoms with Gasteiger partial charge in [-0.1, -0.05) is 42.8 Å². The number of amides is 2. The van der Waals surface area contributed by atoms with Crippen molar-refractivity contribution in [2.24, 2.45) is 0 Å². The Bertz CT molecular complexity index is 1050. The van der Waals surface area contributed by atoms with Crippen molar-refractivity contribution in [3.05, 3.63) is 64.9 Å². The fourth-order valence-electron chi connectivity index (χ4n) is 3.01. The molecule has 32 heavy (non-hydrogen) atoms. The molecule has 0 heterocycles. The third-order valence-corrected chi connectivity index (χ3v) is 6.23. The lowest BCUT2D eigenvalue weighted by atomic mass is 10.1. The maximum atomic E-state index is 13.3. The molecule has 1 N–H and O–H groups in total. The normalized spacial score (nSPS) is 12.2. The van der Waals surface area contributed by atoms with Gasteiger partial charge in [-0.2, -0.15) is 0 Å². The highest BCUT2D eigenvalue weighted by molar-refractivity contribution is 7.92. The van der Waals surface area contributed by atoms with E-state index < -0.39 is 34.3 Å². The van der Waals surface area contributed by atoms with Crippen molar-refractivity contribution in [1.29, 1.82) is 0 Å². The van der Waals surface area contributed by atoms with Crippen molar-refractivity contribution in [1.82, 2.24) is 10.2 Å². The molecule has 0 fully saturated rings. The smallest absolute Gasteiger partial charge is 0.244 e. The van der Waals surface area contributed by atoms with Crippen LogP contribution in [0.15, 0.2) is 48.5 Å². The monoisotopic (exact) mass is 483 g/mol. The van der Waals surface area contributed by atoms with Gasteiger partial charge in [0.2, 0.25) is 21.8 Å². The zero-order chi connectivity index (χ0) is 23.9. The zero-order valence-electron chi connectivity index (χ0n) is 18.2. The van der Waals surface area contributed by atoms with Gasteiger partial charge in [0.15, 0.2) is 0 Å². The van der Waals surface area contributed by atoms with E-state index >= 15 is 0 Å². The predicted molar refractivity (Wildman–Crippen MR) is 123 cm³/mol. The average molecular weight is 484 g/mol. The summed E-state index contributed by atoms with van der Waals surface area (Å²) in [6, 6.07) is 10.9. The van der Waals surface area contributed by atoms with Crippen LogP contribution in [0, 0.1) is 5.82 Å². The van der Waals surface area contributed by atoms with Crippen molar-refractivity contribution in [3.63, 3.8) is 0 Å². The van der Waals surface area contributed by atoms with Crippen LogP contribution in [0.1, 0.15) is 25.8 Å². The number of carbonyl (C=O) groups excluding carboxylic acids is 2. The number of rotatable bonds is 10. The summed E-state index contributed by atoms with van der Waals surface area (Å²) in [5, 5.41) is 2.91. The Hall–Kier alpha value is -2.65. The standard InChI is InChI=1S/C22H27ClFN3O4S/c1-4-13-25-22(29)16(2)26(14-17-9-11-18(24)12-10-17)21(28)15-27(32(3,30)31)20-8-6-5-7-19(20)23/h5-12,16H,4,13-15H2,1-3H3,(H,25,29)/t16-/m0/s1. The summed E-state index contributed by atoms with van der Waals surface area (Å²) in [7, 11) is -3.86. The van der Waals surface area contributed by atoms with Gasteiger partial charge in [0.25, 0.3) is 0 Å². The fourth-order valence-corrected chi connectivity index (χ4v) is 4.16. The third-order valence-electron chi connectivity index (χ3n) is 4.78. The summed E-state index contributed by atoms with van der Waals surface area (Å²) in [4.78, 5) is 27.2. The Morgan fingerprint density at radius 1 is 1.12 bits per heavy atom. The van der Waals surface area contributed by atoms with E-state index in [1.54, 1.807) is 19.1 Å². The van der Waals surface area contributed by atoms with Gasteiger partial charge in [0.1, 0.15) is 18.4 Å². The minimum atomic E-state index is -3.86. The molecule has 7 nitrogen and oxygen atoms in total. The van der Waals surface area contributed by atoms with E-state index in [0.717, 1.165) is 17.0 Å². The maximum Gasteiger partial charge on any atom is 0.244 e. The molecule has 1 atom stereocenters. The topological polar surface area (TPSA) is 86.8 Å². The van der Waals surface area contributed by atoms with Crippen LogP contribution in [0.4, 0.5) is 10.1 Å². The van der Waals surface area contributed by atoms with Gasteiger partial charge in [0.05, 0.1) is 17.0 Å². The van der Waals surface area contributed by atoms with Gasteiger partial charge in [-0.05, 0) is 43.2 Å². The third kappa shape index (κ3) is 6.93. The first kappa shape index (κ1) is 25.6. The molecule has 0 aliphatic carbocycles. The van der Waals surface area contributed by atoms with E-state index in [0.29, 0.717) is 12.1 Å². The molecular formula is C22H27ClFN3O4S. The summed E-state index contributed by atoms with van der Waals surface area (Å²) in [5.41, 5.74) is 0.758. The van der Waals surface area contributed by atoms with Gasteiger partial charge in [-0.25, -0.2) is 12.8 Å². The van der Waals surface area contributed by atoms with Gasteiger partial charge >= 0.3 is 0 Å². The molecule has 0 saturated carbocycles. The lowest BCUT2D eigenvalue weighted by molar-refractivity contribution is -0.139. The van der Waals surface area contributed by atoms with Gasteiger partial charge < -0.3 is 10.2 Å². The number of carbonyl (C=O) groups is 2. The number of anilines is 1. The molecule has 0 aromatic heterocycles. The number of para-hydroxylation sites is 1. The molecule has 0 bridgehead atoms. The minimum absolute atomic E-state index is 0.0000509. The summed E-state index contributed by atoms with van der Waals surface area (Å²) in [6.45, 7) is 3.36. The highest BCUT2D eigenvalue weighted by atomic mass is 35.5. The summed E-state index contributed by atoms with van der Waals surface area (Å²) in [6.07, 6.45) is 1.70. The molecule has 2 amide bonds. The predicted octanol–water partition coefficient (Wildman–Crippen LogP) is 3.19. The highest BCUT2D eigenvalue weighted by Gasteiger charge is 2.30. The fraction of sp³-hybridized carbons (Fsp3) is 0.364. The van der Waals surface area contributed by atoms with Crippen LogP contribution in [0.25, 0.3) is 0 Å². The average Bonchev–Trinajstić information content (AvgIpc) is 2.74. The van der Waals surface area contributed by atoms with Crippen molar-refractivity contribution < 1.29 is 22.4 Å². The van der Waals surface area contributed by atoms with Crippen molar-refractivity contribution in [3.8, 4) is 0 Å². The molecule has 2 rings (SSSR count). The van der Waals surface area contributed by atoms with E-state index in [-0.39, 0.29) is 23.2 Å². The van der Waals surface area contributed by atoms with E-state index in [1.165, 1.54) is 41.3 Å². The molecule has 174 valence electrons. The first-order valence-corrected chi connectivity index (χ1v) is 12.3. The highest BCUT2D eigenvalue weighted by Crippen LogP contribution is 2.27. The van der Waals surface area contributed by atoms with Crippen LogP contribution < -0.4 is 9.62 Å². The second-order valence-electron chi connectivity index (χ2n) is 7.34. The van der Waals surface area contributed by atoms with E-state index in [2.05, 4.69) is 5.32 Å². The Morgan fingerprint density at radius 2 is 1.75 bits per heavy atom. The Labute approximate surface area is 193 Å². The summed E-state index contributed by atoms with van der Waals surface area (Å²) >= 11 is 6.17. The number of nitrogens with zero attached hydrogens (tertiary/aromatic N) is 2. The van der Waals surface area contributed by atoms with Crippen LogP contribution in [-0.4, -0.2) is 50.5 Å². The van der Waals surface area contributed by atoms with E-state index in [1.807, 2.05) is 6.92 Å². The molecule has 0 saturated heterocycles. The molecular weight excluding hydrogens is 457 g/mol. The molecule has 0 spiro atoms. The van der Waals surface area contributed by atoms with Crippen LogP contribution in [0.5, 0.6) is 0 Å². The number of hydrogen-bond donors (Lipinski definition) is 1. The summed E-state index contributed by atoms with van der Waals surface area (Å²) < 4.78 is 39.1. The minimum Gasteiger partial charge on any atom is -0.354 e. The number of hydrogen-bond acceptors (Lipinski definition) is 4. The number of nitrogens with one attached hydrogen (secondary N) is 1. The number of halogens is 2. The molecule has 0 unspecified atom stereocenters. The molecule has 2 aromatic rings. The second kappa shape index (κ2) is 11.3. The number of benzene rings is 2. The van der Waals surface area contributed by atoms with Crippen molar-refractivity contribution >= 4 is 39.1 Å². The Morgan fingerprint density at radius 3 is 2.31 bits per heavy atom. The van der Waals surface area contributed by atoms with Crippen LogP contribution in [0.2, 0.25) is 5.02 Å². The van der Waals surface area contributed by atoms with Crippen LogP contribution in [0.3, 0.4) is 0 Å². The molecule has 0 radical (unpaired) electrons. The van der Waals surface area contributed by atoms with Crippen molar-refractivity contribution in [2.45, 2.75) is 32.9 Å². The largest absolute Gasteiger partial charge is 0.354 e. The quantitative estimate of drug-likeness (QED) is 0.562. The molecule has 0 aliphatic rings. The Balaban J connectivity index is 2.37. The SMILES string of the molecule is CCCNC(=O)[C@H](C)N(Cc1ccc(F)cc1)C(=O)CN(c1ccccc1Cl)S(C)(=O)=O. The maximum absolute atomic E-state index is 13.3. The summed E-state index contributed by atoms with van der Waals surface area (Å²) in [5.74, 6) is -1.40. The first-order valence-electron chi connectivity index (χ1n) is 10.1. The van der Waals surface area contributed by atoms with Crippen LogP contribution >= 0.6 is 11.6 Å². The van der Waals surface area contributed by atoms with Gasteiger partial charge in [-0.15, -0.1) is 0 Å².